The number of rotatable bonds is 6. The van der Waals surface area contributed by atoms with E-state index in [0.717, 1.165) is 25.8 Å². The molecule has 1 saturated heterocycles. The van der Waals surface area contributed by atoms with Crippen LogP contribution in [0.1, 0.15) is 40.0 Å². The fraction of sp³-hybridized carbons (Fsp3) is 1.00. The van der Waals surface area contributed by atoms with Crippen LogP contribution in [-0.4, -0.2) is 44.2 Å². The Morgan fingerprint density at radius 2 is 2.18 bits per heavy atom. The van der Waals surface area contributed by atoms with Crippen molar-refractivity contribution < 1.29 is 8.42 Å². The average molecular weight is 262 g/mol. The zero-order valence-corrected chi connectivity index (χ0v) is 12.1. The predicted octanol–water partition coefficient (Wildman–Crippen LogP) is 1.44. The van der Waals surface area contributed by atoms with Gasteiger partial charge in [0.1, 0.15) is 0 Å². The normalized spacial score (nSPS) is 24.8. The summed E-state index contributed by atoms with van der Waals surface area (Å²) in [6.07, 6.45) is 3.18. The van der Waals surface area contributed by atoms with Crippen molar-refractivity contribution in [1.82, 2.24) is 9.62 Å². The molecule has 0 spiro atoms. The number of hydrogen-bond donors (Lipinski definition) is 1. The number of piperidine rings is 1. The number of sulfonamides is 1. The van der Waals surface area contributed by atoms with Gasteiger partial charge in [-0.3, -0.25) is 0 Å². The second-order valence-corrected chi connectivity index (χ2v) is 7.52. The van der Waals surface area contributed by atoms with Crippen LogP contribution in [0.5, 0.6) is 0 Å². The fourth-order valence-electron chi connectivity index (χ4n) is 2.22. The van der Waals surface area contributed by atoms with E-state index in [1.165, 1.54) is 0 Å². The Bertz CT molecular complexity index is 316. The number of hydrogen-bond acceptors (Lipinski definition) is 3. The molecule has 1 aliphatic heterocycles. The Labute approximate surface area is 106 Å². The van der Waals surface area contributed by atoms with Crippen LogP contribution in [0.25, 0.3) is 0 Å². The average Bonchev–Trinajstić information content (AvgIpc) is 2.29. The molecule has 5 heteroatoms. The molecule has 0 aromatic heterocycles. The second kappa shape index (κ2) is 6.71. The smallest absolute Gasteiger partial charge is 0.217 e. The molecule has 1 aliphatic rings. The van der Waals surface area contributed by atoms with Crippen molar-refractivity contribution in [1.29, 1.82) is 0 Å². The first-order valence-electron chi connectivity index (χ1n) is 6.68. The van der Waals surface area contributed by atoms with E-state index in [1.54, 1.807) is 11.2 Å². The summed E-state index contributed by atoms with van der Waals surface area (Å²) < 4.78 is 26.3. The summed E-state index contributed by atoms with van der Waals surface area (Å²) in [4.78, 5) is 0. The zero-order valence-electron chi connectivity index (χ0n) is 11.3. The van der Waals surface area contributed by atoms with E-state index in [-0.39, 0.29) is 5.25 Å². The van der Waals surface area contributed by atoms with Crippen LogP contribution in [-0.2, 0) is 10.0 Å². The van der Waals surface area contributed by atoms with E-state index in [2.05, 4.69) is 19.2 Å². The van der Waals surface area contributed by atoms with Gasteiger partial charge in [-0.1, -0.05) is 13.8 Å². The van der Waals surface area contributed by atoms with Gasteiger partial charge in [-0.15, -0.1) is 0 Å². The fourth-order valence-corrected chi connectivity index (χ4v) is 3.90. The molecule has 0 saturated carbocycles. The topological polar surface area (TPSA) is 49.4 Å². The minimum absolute atomic E-state index is 0.320. The van der Waals surface area contributed by atoms with Crippen molar-refractivity contribution in [2.24, 2.45) is 5.92 Å². The van der Waals surface area contributed by atoms with E-state index >= 15 is 0 Å². The quantitative estimate of drug-likeness (QED) is 0.737. The van der Waals surface area contributed by atoms with Crippen LogP contribution < -0.4 is 5.32 Å². The summed E-state index contributed by atoms with van der Waals surface area (Å²) in [5.74, 6) is 0.495. The highest BCUT2D eigenvalue weighted by Gasteiger charge is 2.31. The van der Waals surface area contributed by atoms with Gasteiger partial charge in [0, 0.05) is 19.6 Å². The lowest BCUT2D eigenvalue weighted by Gasteiger charge is -2.32. The van der Waals surface area contributed by atoms with Crippen LogP contribution in [0.4, 0.5) is 0 Å². The SMILES string of the molecule is CCCNCC(C)S(=O)(=O)N1CCCC(C)C1. The van der Waals surface area contributed by atoms with Gasteiger partial charge in [0.2, 0.25) is 10.0 Å². The molecule has 1 N–H and O–H groups in total. The predicted molar refractivity (Wildman–Crippen MR) is 71.5 cm³/mol. The van der Waals surface area contributed by atoms with Crippen molar-refractivity contribution in [3.05, 3.63) is 0 Å². The molecular formula is C12H26N2O2S. The van der Waals surface area contributed by atoms with E-state index < -0.39 is 10.0 Å². The van der Waals surface area contributed by atoms with Gasteiger partial charge in [-0.25, -0.2) is 12.7 Å². The van der Waals surface area contributed by atoms with Crippen LogP contribution in [0.3, 0.4) is 0 Å². The third kappa shape index (κ3) is 4.23. The highest BCUT2D eigenvalue weighted by atomic mass is 32.2. The summed E-state index contributed by atoms with van der Waals surface area (Å²) in [6, 6.07) is 0. The van der Waals surface area contributed by atoms with E-state index in [0.29, 0.717) is 25.6 Å². The monoisotopic (exact) mass is 262 g/mol. The second-order valence-electron chi connectivity index (χ2n) is 5.17. The first kappa shape index (κ1) is 14.9. The lowest BCUT2D eigenvalue weighted by Crippen LogP contribution is -2.46. The largest absolute Gasteiger partial charge is 0.315 e. The van der Waals surface area contributed by atoms with Gasteiger partial charge >= 0.3 is 0 Å². The summed E-state index contributed by atoms with van der Waals surface area (Å²) in [5, 5.41) is 2.87. The summed E-state index contributed by atoms with van der Waals surface area (Å²) in [5.41, 5.74) is 0. The van der Waals surface area contributed by atoms with E-state index in [9.17, 15) is 8.42 Å². The van der Waals surface area contributed by atoms with Gasteiger partial charge in [0.25, 0.3) is 0 Å². The van der Waals surface area contributed by atoms with Crippen LogP contribution >= 0.6 is 0 Å². The van der Waals surface area contributed by atoms with Crippen molar-refractivity contribution in [2.45, 2.75) is 45.3 Å². The number of nitrogens with zero attached hydrogens (tertiary/aromatic N) is 1. The van der Waals surface area contributed by atoms with Crippen molar-refractivity contribution >= 4 is 10.0 Å². The summed E-state index contributed by atoms with van der Waals surface area (Å²) in [6.45, 7) is 8.85. The highest BCUT2D eigenvalue weighted by molar-refractivity contribution is 7.89. The lowest BCUT2D eigenvalue weighted by atomic mass is 10.0. The minimum atomic E-state index is -3.10. The first-order valence-corrected chi connectivity index (χ1v) is 8.18. The van der Waals surface area contributed by atoms with Gasteiger partial charge in [-0.2, -0.15) is 0 Å². The Morgan fingerprint density at radius 1 is 1.47 bits per heavy atom. The molecule has 0 radical (unpaired) electrons. The third-order valence-electron chi connectivity index (χ3n) is 3.35. The Balaban J connectivity index is 2.53. The molecule has 102 valence electrons. The van der Waals surface area contributed by atoms with E-state index in [4.69, 9.17) is 0 Å². The van der Waals surface area contributed by atoms with Crippen molar-refractivity contribution in [3.8, 4) is 0 Å². The Hall–Kier alpha value is -0.130. The molecular weight excluding hydrogens is 236 g/mol. The zero-order chi connectivity index (χ0) is 12.9. The van der Waals surface area contributed by atoms with Gasteiger partial charge < -0.3 is 5.32 Å². The lowest BCUT2D eigenvalue weighted by molar-refractivity contribution is 0.278. The molecule has 0 aliphatic carbocycles. The maximum Gasteiger partial charge on any atom is 0.217 e. The molecule has 1 rings (SSSR count). The Kier molecular flexibility index (Phi) is 5.89. The molecule has 0 bridgehead atoms. The molecule has 1 fully saturated rings. The van der Waals surface area contributed by atoms with Crippen molar-refractivity contribution in [3.63, 3.8) is 0 Å². The van der Waals surface area contributed by atoms with Gasteiger partial charge in [0.05, 0.1) is 5.25 Å². The summed E-state index contributed by atoms with van der Waals surface area (Å²) >= 11 is 0. The van der Waals surface area contributed by atoms with Gasteiger partial charge in [0.15, 0.2) is 0 Å². The molecule has 0 aromatic rings. The highest BCUT2D eigenvalue weighted by Crippen LogP contribution is 2.20. The summed E-state index contributed by atoms with van der Waals surface area (Å²) in [7, 11) is -3.10. The van der Waals surface area contributed by atoms with Crippen molar-refractivity contribution in [2.75, 3.05) is 26.2 Å². The third-order valence-corrected chi connectivity index (χ3v) is 5.58. The van der Waals surface area contributed by atoms with Crippen LogP contribution in [0.2, 0.25) is 0 Å². The molecule has 2 unspecified atom stereocenters. The minimum Gasteiger partial charge on any atom is -0.315 e. The van der Waals surface area contributed by atoms with Crippen LogP contribution in [0, 0.1) is 5.92 Å². The molecule has 2 atom stereocenters. The number of nitrogens with one attached hydrogen (secondary N) is 1. The molecule has 0 amide bonds. The standard InChI is InChI=1S/C12H26N2O2S/c1-4-7-13-9-12(3)17(15,16)14-8-5-6-11(2)10-14/h11-13H,4-10H2,1-3H3. The Morgan fingerprint density at radius 3 is 2.76 bits per heavy atom. The molecule has 1 heterocycles. The van der Waals surface area contributed by atoms with E-state index in [1.807, 2.05) is 0 Å². The molecule has 4 nitrogen and oxygen atoms in total. The first-order chi connectivity index (χ1) is 7.98. The maximum atomic E-state index is 12.3. The van der Waals surface area contributed by atoms with Gasteiger partial charge in [-0.05, 0) is 38.6 Å². The molecule has 17 heavy (non-hydrogen) atoms. The van der Waals surface area contributed by atoms with Crippen LogP contribution in [0.15, 0.2) is 0 Å². The molecule has 0 aromatic carbocycles. The maximum absolute atomic E-state index is 12.3.